The van der Waals surface area contributed by atoms with Crippen LogP contribution < -0.4 is 11.3 Å². The highest BCUT2D eigenvalue weighted by molar-refractivity contribution is 9.10. The molecule has 1 atom stereocenters. The summed E-state index contributed by atoms with van der Waals surface area (Å²) in [7, 11) is 0. The van der Waals surface area contributed by atoms with Crippen LogP contribution in [0.4, 0.5) is 4.39 Å². The molecule has 0 aliphatic rings. The SMILES string of the molecule is NNC(Cc1cc(F)ccc1Br)c1ccc(Br)cc1Cl. The van der Waals surface area contributed by atoms with Crippen LogP contribution in [0.1, 0.15) is 17.2 Å². The third kappa shape index (κ3) is 3.80. The smallest absolute Gasteiger partial charge is 0.123 e. The molecule has 2 rings (SSSR count). The highest BCUT2D eigenvalue weighted by atomic mass is 79.9. The first-order valence-electron chi connectivity index (χ1n) is 5.86. The third-order valence-corrected chi connectivity index (χ3v) is 4.57. The van der Waals surface area contributed by atoms with Gasteiger partial charge in [0, 0.05) is 14.0 Å². The van der Waals surface area contributed by atoms with Crippen molar-refractivity contribution in [3.63, 3.8) is 0 Å². The Morgan fingerprint density at radius 1 is 1.20 bits per heavy atom. The summed E-state index contributed by atoms with van der Waals surface area (Å²) in [6, 6.07) is 9.97. The van der Waals surface area contributed by atoms with E-state index in [0.29, 0.717) is 11.4 Å². The molecule has 0 heterocycles. The molecule has 106 valence electrons. The summed E-state index contributed by atoms with van der Waals surface area (Å²) in [5, 5.41) is 0.606. The molecule has 0 aliphatic carbocycles. The number of benzene rings is 2. The second-order valence-electron chi connectivity index (χ2n) is 4.32. The standard InChI is InChI=1S/C14H12Br2ClFN2/c15-9-1-3-11(13(17)7-9)14(20-19)6-8-5-10(18)2-4-12(8)16/h1-5,7,14,20H,6,19H2. The zero-order valence-corrected chi connectivity index (χ0v) is 14.3. The monoisotopic (exact) mass is 420 g/mol. The summed E-state index contributed by atoms with van der Waals surface area (Å²) < 4.78 is 15.1. The van der Waals surface area contributed by atoms with E-state index >= 15 is 0 Å². The number of nitrogens with two attached hydrogens (primary N) is 1. The van der Waals surface area contributed by atoms with Crippen molar-refractivity contribution in [1.29, 1.82) is 0 Å². The van der Waals surface area contributed by atoms with Gasteiger partial charge in [0.15, 0.2) is 0 Å². The van der Waals surface area contributed by atoms with Gasteiger partial charge in [-0.1, -0.05) is 49.5 Å². The minimum atomic E-state index is -0.277. The Morgan fingerprint density at radius 3 is 2.60 bits per heavy atom. The molecule has 2 aromatic rings. The molecule has 3 N–H and O–H groups in total. The van der Waals surface area contributed by atoms with Gasteiger partial charge in [-0.25, -0.2) is 4.39 Å². The lowest BCUT2D eigenvalue weighted by Crippen LogP contribution is -2.30. The van der Waals surface area contributed by atoms with Crippen molar-refractivity contribution in [1.82, 2.24) is 5.43 Å². The van der Waals surface area contributed by atoms with Crippen molar-refractivity contribution >= 4 is 43.5 Å². The quantitative estimate of drug-likeness (QED) is 0.551. The number of hydrogen-bond donors (Lipinski definition) is 2. The Hall–Kier alpha value is -0.460. The predicted molar refractivity (Wildman–Crippen MR) is 87.0 cm³/mol. The number of hydrazine groups is 1. The van der Waals surface area contributed by atoms with Crippen LogP contribution in [0.3, 0.4) is 0 Å². The van der Waals surface area contributed by atoms with Gasteiger partial charge in [-0.2, -0.15) is 0 Å². The van der Waals surface area contributed by atoms with Crippen molar-refractivity contribution in [2.75, 3.05) is 0 Å². The number of hydrogen-bond acceptors (Lipinski definition) is 2. The van der Waals surface area contributed by atoms with Crippen molar-refractivity contribution in [3.05, 3.63) is 67.3 Å². The fourth-order valence-corrected chi connectivity index (χ4v) is 3.18. The van der Waals surface area contributed by atoms with E-state index in [-0.39, 0.29) is 11.9 Å². The van der Waals surface area contributed by atoms with Gasteiger partial charge < -0.3 is 0 Å². The number of halogens is 4. The summed E-state index contributed by atoms with van der Waals surface area (Å²) in [5.74, 6) is 5.34. The van der Waals surface area contributed by atoms with E-state index in [9.17, 15) is 4.39 Å². The van der Waals surface area contributed by atoms with Gasteiger partial charge in [0.25, 0.3) is 0 Å². The number of rotatable bonds is 4. The molecule has 0 amide bonds. The number of nitrogens with one attached hydrogen (secondary N) is 1. The molecule has 2 nitrogen and oxygen atoms in total. The molecule has 20 heavy (non-hydrogen) atoms. The van der Waals surface area contributed by atoms with Crippen molar-refractivity contribution in [2.45, 2.75) is 12.5 Å². The summed E-state index contributed by atoms with van der Waals surface area (Å²) in [6.45, 7) is 0. The lowest BCUT2D eigenvalue weighted by atomic mass is 9.99. The first-order chi connectivity index (χ1) is 9.51. The largest absolute Gasteiger partial charge is 0.271 e. The Morgan fingerprint density at radius 2 is 1.95 bits per heavy atom. The molecule has 0 bridgehead atoms. The fraction of sp³-hybridized carbons (Fsp3) is 0.143. The Labute approximate surface area is 138 Å². The van der Waals surface area contributed by atoms with Crippen molar-refractivity contribution < 1.29 is 4.39 Å². The van der Waals surface area contributed by atoms with Gasteiger partial charge in [-0.05, 0) is 47.9 Å². The highest BCUT2D eigenvalue weighted by Crippen LogP contribution is 2.30. The van der Waals surface area contributed by atoms with E-state index < -0.39 is 0 Å². The molecular weight excluding hydrogens is 410 g/mol. The van der Waals surface area contributed by atoms with E-state index in [1.807, 2.05) is 18.2 Å². The summed E-state index contributed by atoms with van der Waals surface area (Å²) in [6.07, 6.45) is 0.524. The molecular formula is C14H12Br2ClFN2. The average Bonchev–Trinajstić information content (AvgIpc) is 2.40. The first kappa shape index (κ1) is 15.9. The van der Waals surface area contributed by atoms with Crippen molar-refractivity contribution in [2.24, 2.45) is 5.84 Å². The molecule has 0 aromatic heterocycles. The third-order valence-electron chi connectivity index (χ3n) is 2.97. The second-order valence-corrected chi connectivity index (χ2v) is 6.50. The van der Waals surface area contributed by atoms with Crippen LogP contribution in [-0.2, 0) is 6.42 Å². The lowest BCUT2D eigenvalue weighted by Gasteiger charge is -2.19. The van der Waals surface area contributed by atoms with Crippen LogP contribution in [0, 0.1) is 5.82 Å². The Balaban J connectivity index is 2.31. The highest BCUT2D eigenvalue weighted by Gasteiger charge is 2.16. The zero-order chi connectivity index (χ0) is 14.7. The fourth-order valence-electron chi connectivity index (χ4n) is 1.96. The zero-order valence-electron chi connectivity index (χ0n) is 10.3. The van der Waals surface area contributed by atoms with Gasteiger partial charge in [0.05, 0.1) is 6.04 Å². The Kier molecular flexibility index (Phi) is 5.57. The molecule has 0 saturated carbocycles. The molecule has 6 heteroatoms. The maximum Gasteiger partial charge on any atom is 0.123 e. The minimum Gasteiger partial charge on any atom is -0.271 e. The molecule has 0 fully saturated rings. The maximum atomic E-state index is 13.3. The van der Waals surface area contributed by atoms with Gasteiger partial charge in [0.2, 0.25) is 0 Å². The van der Waals surface area contributed by atoms with Crippen LogP contribution in [0.5, 0.6) is 0 Å². The van der Waals surface area contributed by atoms with Crippen LogP contribution in [0.2, 0.25) is 5.02 Å². The van der Waals surface area contributed by atoms with Gasteiger partial charge >= 0.3 is 0 Å². The topological polar surface area (TPSA) is 38.0 Å². The van der Waals surface area contributed by atoms with E-state index in [0.717, 1.165) is 20.1 Å². The van der Waals surface area contributed by atoms with Crippen LogP contribution in [0.25, 0.3) is 0 Å². The summed E-state index contributed by atoms with van der Waals surface area (Å²) in [4.78, 5) is 0. The maximum absolute atomic E-state index is 13.3. The lowest BCUT2D eigenvalue weighted by molar-refractivity contribution is 0.547. The first-order valence-corrected chi connectivity index (χ1v) is 7.82. The molecule has 1 unspecified atom stereocenters. The minimum absolute atomic E-state index is 0.200. The Bertz CT molecular complexity index is 622. The van der Waals surface area contributed by atoms with Gasteiger partial charge in [0.1, 0.15) is 5.82 Å². The molecule has 0 radical (unpaired) electrons. The van der Waals surface area contributed by atoms with E-state index in [4.69, 9.17) is 17.4 Å². The summed E-state index contributed by atoms with van der Waals surface area (Å²) in [5.41, 5.74) is 4.43. The molecule has 0 saturated heterocycles. The predicted octanol–water partition coefficient (Wildman–Crippen LogP) is 4.75. The van der Waals surface area contributed by atoms with Crippen molar-refractivity contribution in [3.8, 4) is 0 Å². The van der Waals surface area contributed by atoms with Crippen LogP contribution in [-0.4, -0.2) is 0 Å². The molecule has 0 spiro atoms. The van der Waals surface area contributed by atoms with E-state index in [2.05, 4.69) is 37.3 Å². The van der Waals surface area contributed by atoms with Crippen LogP contribution >= 0.6 is 43.5 Å². The summed E-state index contributed by atoms with van der Waals surface area (Å²) >= 11 is 13.0. The van der Waals surface area contributed by atoms with Gasteiger partial charge in [-0.3, -0.25) is 11.3 Å². The van der Waals surface area contributed by atoms with E-state index in [1.54, 1.807) is 6.07 Å². The normalized spacial score (nSPS) is 12.4. The van der Waals surface area contributed by atoms with Crippen LogP contribution in [0.15, 0.2) is 45.3 Å². The molecule has 2 aromatic carbocycles. The average molecular weight is 423 g/mol. The van der Waals surface area contributed by atoms with E-state index in [1.165, 1.54) is 12.1 Å². The van der Waals surface area contributed by atoms with Gasteiger partial charge in [-0.15, -0.1) is 0 Å². The molecule has 0 aliphatic heterocycles. The second kappa shape index (κ2) is 7.00.